The van der Waals surface area contributed by atoms with Crippen molar-refractivity contribution in [2.24, 2.45) is 5.41 Å². The van der Waals surface area contributed by atoms with Crippen LogP contribution in [0.2, 0.25) is 0 Å². The van der Waals surface area contributed by atoms with Crippen molar-refractivity contribution in [2.45, 2.75) is 42.7 Å². The van der Waals surface area contributed by atoms with Crippen LogP contribution in [0.5, 0.6) is 6.01 Å². The minimum atomic E-state index is -3.78. The molecule has 8 nitrogen and oxygen atoms in total. The van der Waals surface area contributed by atoms with E-state index in [4.69, 9.17) is 4.74 Å². The van der Waals surface area contributed by atoms with E-state index >= 15 is 8.78 Å². The van der Waals surface area contributed by atoms with Gasteiger partial charge in [-0.1, -0.05) is 0 Å². The van der Waals surface area contributed by atoms with Gasteiger partial charge in [0, 0.05) is 34.9 Å². The molecule has 0 amide bonds. The molecule has 2 aromatic heterocycles. The second-order valence-electron chi connectivity index (χ2n) is 8.62. The molecule has 1 N–H and O–H groups in total. The number of tetrazole rings is 1. The lowest BCUT2D eigenvalue weighted by Crippen LogP contribution is -2.76. The van der Waals surface area contributed by atoms with Crippen LogP contribution in [0.3, 0.4) is 0 Å². The van der Waals surface area contributed by atoms with E-state index in [0.29, 0.717) is 11.6 Å². The summed E-state index contributed by atoms with van der Waals surface area (Å²) < 4.78 is 66.0. The lowest BCUT2D eigenvalue weighted by Gasteiger charge is -2.74. The highest BCUT2D eigenvalue weighted by Crippen LogP contribution is 2.80. The Morgan fingerprint density at radius 2 is 1.84 bits per heavy atom. The summed E-state index contributed by atoms with van der Waals surface area (Å²) in [4.78, 5) is 8.08. The van der Waals surface area contributed by atoms with Crippen LogP contribution < -0.4 is 4.74 Å². The van der Waals surface area contributed by atoms with Gasteiger partial charge in [-0.15, -0.1) is 5.10 Å². The highest BCUT2D eigenvalue weighted by atomic mass is 19.3. The predicted molar refractivity (Wildman–Crippen MR) is 99.6 cm³/mol. The summed E-state index contributed by atoms with van der Waals surface area (Å²) in [6.45, 7) is -0.810. The van der Waals surface area contributed by atoms with Gasteiger partial charge in [0.05, 0.1) is 13.7 Å². The van der Waals surface area contributed by atoms with Crippen molar-refractivity contribution in [3.8, 4) is 6.01 Å². The average molecular weight is 450 g/mol. The van der Waals surface area contributed by atoms with Crippen LogP contribution in [-0.4, -0.2) is 48.3 Å². The highest BCUT2D eigenvalue weighted by molar-refractivity contribution is 5.41. The Morgan fingerprint density at radius 3 is 2.41 bits per heavy atom. The number of nitrogens with zero attached hydrogens (tertiary/aromatic N) is 6. The number of ether oxygens (including phenoxy) is 1. The fraction of sp³-hybridized carbons (Fsp3) is 0.450. The molecule has 3 aromatic rings. The number of rotatable bonds is 7. The lowest BCUT2D eigenvalue weighted by atomic mass is 9.31. The second kappa shape index (κ2) is 6.67. The number of aromatic nitrogens is 6. The molecule has 3 fully saturated rings. The SMILES string of the molecule is COc1ncc(C23CC(C(F)(F)C(O)(Cn4cnnn4)c4ccc(F)cc4F)(C2)C3)cn1. The first-order chi connectivity index (χ1) is 15.1. The molecule has 3 aliphatic rings. The molecule has 1 unspecified atom stereocenters. The monoisotopic (exact) mass is 450 g/mol. The fourth-order valence-electron chi connectivity index (χ4n) is 5.23. The van der Waals surface area contributed by atoms with E-state index in [-0.39, 0.29) is 25.3 Å². The van der Waals surface area contributed by atoms with Gasteiger partial charge < -0.3 is 9.84 Å². The Kier molecular flexibility index (Phi) is 4.32. The third kappa shape index (κ3) is 2.68. The van der Waals surface area contributed by atoms with Gasteiger partial charge in [0.15, 0.2) is 5.60 Å². The summed E-state index contributed by atoms with van der Waals surface area (Å²) in [7, 11) is 1.42. The molecule has 1 atom stereocenters. The van der Waals surface area contributed by atoms with Crippen molar-refractivity contribution in [3.05, 3.63) is 59.7 Å². The first-order valence-corrected chi connectivity index (χ1v) is 9.78. The molecular weight excluding hydrogens is 432 g/mol. The average Bonchev–Trinajstić information content (AvgIpc) is 3.18. The summed E-state index contributed by atoms with van der Waals surface area (Å²) >= 11 is 0. The molecule has 32 heavy (non-hydrogen) atoms. The zero-order valence-corrected chi connectivity index (χ0v) is 16.8. The van der Waals surface area contributed by atoms with Crippen LogP contribution in [0.25, 0.3) is 0 Å². The van der Waals surface area contributed by atoms with E-state index in [1.807, 2.05) is 0 Å². The zero-order valence-electron chi connectivity index (χ0n) is 16.8. The first-order valence-electron chi connectivity index (χ1n) is 9.78. The minimum absolute atomic E-state index is 0.0589. The Bertz CT molecular complexity index is 1140. The predicted octanol–water partition coefficient (Wildman–Crippen LogP) is 2.39. The van der Waals surface area contributed by atoms with Crippen molar-refractivity contribution in [2.75, 3.05) is 7.11 Å². The molecule has 0 radical (unpaired) electrons. The number of halogens is 4. The number of benzene rings is 1. The van der Waals surface area contributed by atoms with Crippen LogP contribution in [0, 0.1) is 17.0 Å². The maximum Gasteiger partial charge on any atom is 0.316 e. The van der Waals surface area contributed by atoms with Crippen LogP contribution in [0.15, 0.2) is 36.9 Å². The molecule has 1 aromatic carbocycles. The molecular formula is C20H18F4N6O2. The topological polar surface area (TPSA) is 98.8 Å². The molecule has 168 valence electrons. The van der Waals surface area contributed by atoms with E-state index in [9.17, 15) is 13.9 Å². The van der Waals surface area contributed by atoms with E-state index in [1.54, 1.807) is 12.4 Å². The Morgan fingerprint density at radius 1 is 1.16 bits per heavy atom. The van der Waals surface area contributed by atoms with E-state index in [0.717, 1.165) is 23.1 Å². The molecule has 3 aliphatic carbocycles. The summed E-state index contributed by atoms with van der Waals surface area (Å²) in [5.41, 5.74) is -5.13. The third-order valence-corrected chi connectivity index (χ3v) is 6.80. The summed E-state index contributed by atoms with van der Waals surface area (Å²) in [6, 6.07) is 2.30. The van der Waals surface area contributed by atoms with Gasteiger partial charge in [-0.25, -0.2) is 32.2 Å². The summed E-state index contributed by atoms with van der Waals surface area (Å²) in [5.74, 6) is -5.99. The molecule has 2 bridgehead atoms. The quantitative estimate of drug-likeness (QED) is 0.552. The normalized spacial score (nSPS) is 26.1. The molecule has 3 saturated carbocycles. The number of methoxy groups -OCH3 is 1. The molecule has 0 saturated heterocycles. The maximum absolute atomic E-state index is 16.1. The number of hydrogen-bond acceptors (Lipinski definition) is 7. The fourth-order valence-corrected chi connectivity index (χ4v) is 5.23. The number of alkyl halides is 2. The summed E-state index contributed by atoms with van der Waals surface area (Å²) in [5, 5.41) is 21.6. The van der Waals surface area contributed by atoms with Crippen molar-refractivity contribution >= 4 is 0 Å². The van der Waals surface area contributed by atoms with Crippen LogP contribution in [0.4, 0.5) is 17.6 Å². The van der Waals surface area contributed by atoms with Gasteiger partial charge in [0.2, 0.25) is 0 Å². The molecule has 12 heteroatoms. The third-order valence-electron chi connectivity index (χ3n) is 6.80. The maximum atomic E-state index is 16.1. The van der Waals surface area contributed by atoms with E-state index < -0.39 is 46.1 Å². The second-order valence-corrected chi connectivity index (χ2v) is 8.62. The molecule has 2 heterocycles. The van der Waals surface area contributed by atoms with Gasteiger partial charge in [-0.05, 0) is 47.4 Å². The highest BCUT2D eigenvalue weighted by Gasteiger charge is 2.82. The summed E-state index contributed by atoms with van der Waals surface area (Å²) in [6.07, 6.45) is 4.30. The van der Waals surface area contributed by atoms with Crippen LogP contribution in [-0.2, 0) is 17.6 Å². The van der Waals surface area contributed by atoms with Crippen LogP contribution in [0.1, 0.15) is 30.4 Å². The lowest BCUT2D eigenvalue weighted by molar-refractivity contribution is -0.347. The Labute approximate surface area is 179 Å². The Balaban J connectivity index is 1.49. The van der Waals surface area contributed by atoms with Crippen molar-refractivity contribution in [1.29, 1.82) is 0 Å². The standard InChI is InChI=1S/C20H18F4N6O2/c1-32-16-25-5-12(6-26-16)17-7-18(8-17,9-17)20(23,24)19(31,10-30-11-27-28-29-30)14-3-2-13(21)4-15(14)22/h2-6,11,31H,7-10H2,1H3. The van der Waals surface area contributed by atoms with Gasteiger partial charge in [0.25, 0.3) is 5.92 Å². The van der Waals surface area contributed by atoms with Crippen LogP contribution >= 0.6 is 0 Å². The largest absolute Gasteiger partial charge is 0.467 e. The minimum Gasteiger partial charge on any atom is -0.467 e. The van der Waals surface area contributed by atoms with Gasteiger partial charge >= 0.3 is 6.01 Å². The van der Waals surface area contributed by atoms with Crippen molar-refractivity contribution in [3.63, 3.8) is 0 Å². The van der Waals surface area contributed by atoms with Crippen molar-refractivity contribution < 1.29 is 27.4 Å². The first kappa shape index (κ1) is 20.7. The zero-order chi connectivity index (χ0) is 22.8. The number of hydrogen-bond donors (Lipinski definition) is 1. The van der Waals surface area contributed by atoms with Crippen molar-refractivity contribution in [1.82, 2.24) is 30.2 Å². The number of aliphatic hydroxyl groups is 1. The molecule has 6 rings (SSSR count). The molecule has 0 spiro atoms. The van der Waals surface area contributed by atoms with Gasteiger partial charge in [-0.2, -0.15) is 0 Å². The Hall–Kier alpha value is -3.15. The smallest absolute Gasteiger partial charge is 0.316 e. The van der Waals surface area contributed by atoms with E-state index in [2.05, 4.69) is 25.5 Å². The van der Waals surface area contributed by atoms with Gasteiger partial charge in [0.1, 0.15) is 18.0 Å². The van der Waals surface area contributed by atoms with E-state index in [1.165, 1.54) is 7.11 Å². The van der Waals surface area contributed by atoms with Gasteiger partial charge in [-0.3, -0.25) is 0 Å². The molecule has 0 aliphatic heterocycles.